The summed E-state index contributed by atoms with van der Waals surface area (Å²) in [4.78, 5) is 11.5. The van der Waals surface area contributed by atoms with Gasteiger partial charge in [-0.25, -0.2) is 9.97 Å². The van der Waals surface area contributed by atoms with Crippen molar-refractivity contribution in [1.82, 2.24) is 25.2 Å². The second kappa shape index (κ2) is 5.96. The van der Waals surface area contributed by atoms with Crippen molar-refractivity contribution in [2.24, 2.45) is 0 Å². The number of anilines is 1. The average molecular weight is 315 g/mol. The molecular weight excluding hydrogens is 290 g/mol. The highest BCUT2D eigenvalue weighted by Gasteiger charge is 2.24. The minimum absolute atomic E-state index is 0.446. The Balaban J connectivity index is 1.79. The molecule has 0 amide bonds. The van der Waals surface area contributed by atoms with Gasteiger partial charge in [-0.1, -0.05) is 19.3 Å². The summed E-state index contributed by atoms with van der Waals surface area (Å²) < 4.78 is 0. The number of nitrogens with one attached hydrogen (secondary N) is 1. The van der Waals surface area contributed by atoms with Crippen molar-refractivity contribution in [3.05, 3.63) is 11.5 Å². The highest BCUT2D eigenvalue weighted by molar-refractivity contribution is 5.88. The molecule has 0 aromatic carbocycles. The van der Waals surface area contributed by atoms with E-state index in [1.807, 2.05) is 11.7 Å². The molecule has 2 fully saturated rings. The van der Waals surface area contributed by atoms with Crippen molar-refractivity contribution in [3.8, 4) is 0 Å². The smallest absolute Gasteiger partial charge is 0.186 e. The summed E-state index contributed by atoms with van der Waals surface area (Å²) in [6.07, 6.45) is 6.20. The molecule has 0 bridgehead atoms. The first-order chi connectivity index (χ1) is 11.2. The largest absolute Gasteiger partial charge is 0.383 e. The molecule has 0 radical (unpaired) electrons. The van der Waals surface area contributed by atoms with Crippen LogP contribution in [0.1, 0.15) is 49.5 Å². The molecular formula is C16H25N7. The Morgan fingerprint density at radius 2 is 1.83 bits per heavy atom. The third kappa shape index (κ3) is 2.63. The number of aryl methyl sites for hydroxylation is 1. The van der Waals surface area contributed by atoms with Gasteiger partial charge in [-0.15, -0.1) is 0 Å². The molecule has 0 atom stereocenters. The third-order valence-corrected chi connectivity index (χ3v) is 5.06. The molecule has 3 heterocycles. The molecule has 2 aromatic heterocycles. The Morgan fingerprint density at radius 1 is 1.09 bits per heavy atom. The third-order valence-electron chi connectivity index (χ3n) is 5.06. The number of hydrogen-bond acceptors (Lipinski definition) is 6. The van der Waals surface area contributed by atoms with E-state index < -0.39 is 0 Å². The van der Waals surface area contributed by atoms with E-state index in [4.69, 9.17) is 15.8 Å². The number of rotatable bonds is 2. The van der Waals surface area contributed by atoms with Crippen LogP contribution in [0.15, 0.2) is 0 Å². The van der Waals surface area contributed by atoms with E-state index in [0.717, 1.165) is 48.7 Å². The van der Waals surface area contributed by atoms with Crippen molar-refractivity contribution in [2.45, 2.75) is 44.9 Å². The van der Waals surface area contributed by atoms with Crippen LogP contribution in [0.3, 0.4) is 0 Å². The number of fused-ring (bicyclic) bond motifs is 1. The number of hydrogen-bond donors (Lipinski definition) is 2. The van der Waals surface area contributed by atoms with Gasteiger partial charge >= 0.3 is 0 Å². The van der Waals surface area contributed by atoms with E-state index in [1.165, 1.54) is 32.1 Å². The minimum atomic E-state index is 0.446. The van der Waals surface area contributed by atoms with Crippen LogP contribution in [0.2, 0.25) is 0 Å². The Kier molecular flexibility index (Phi) is 3.80. The standard InChI is InChI=1S/C16H25N7/c1-11-13-14(17)19-15(12-5-3-2-4-6-12)20-16(13)23(21-11)22-9-7-18-8-10-22/h12,18H,2-10H2,1H3,(H2,17,19,20). The van der Waals surface area contributed by atoms with Crippen LogP contribution >= 0.6 is 0 Å². The van der Waals surface area contributed by atoms with E-state index in [-0.39, 0.29) is 0 Å². The van der Waals surface area contributed by atoms with Gasteiger partial charge in [0, 0.05) is 32.1 Å². The Labute approximate surface area is 136 Å². The van der Waals surface area contributed by atoms with Crippen LogP contribution < -0.4 is 16.1 Å². The second-order valence-electron chi connectivity index (χ2n) is 6.68. The summed E-state index contributed by atoms with van der Waals surface area (Å²) in [5.74, 6) is 1.93. The molecule has 4 rings (SSSR count). The molecule has 7 heteroatoms. The second-order valence-corrected chi connectivity index (χ2v) is 6.68. The zero-order valence-corrected chi connectivity index (χ0v) is 13.8. The summed E-state index contributed by atoms with van der Waals surface area (Å²) in [7, 11) is 0. The predicted molar refractivity (Wildman–Crippen MR) is 91.1 cm³/mol. The van der Waals surface area contributed by atoms with Crippen molar-refractivity contribution >= 4 is 16.9 Å². The van der Waals surface area contributed by atoms with Gasteiger partial charge in [0.15, 0.2) is 5.65 Å². The quantitative estimate of drug-likeness (QED) is 0.869. The zero-order chi connectivity index (χ0) is 15.8. The Morgan fingerprint density at radius 3 is 2.57 bits per heavy atom. The Bertz CT molecular complexity index is 696. The van der Waals surface area contributed by atoms with Gasteiger partial charge in [0.25, 0.3) is 0 Å². The fraction of sp³-hybridized carbons (Fsp3) is 0.688. The van der Waals surface area contributed by atoms with Gasteiger partial charge in [-0.2, -0.15) is 9.89 Å². The van der Waals surface area contributed by atoms with Crippen LogP contribution in [0, 0.1) is 6.92 Å². The molecule has 1 saturated carbocycles. The SMILES string of the molecule is Cc1nn(N2CCNCC2)c2nc(C3CCCCC3)nc(N)c12. The molecule has 23 heavy (non-hydrogen) atoms. The number of aromatic nitrogens is 4. The molecule has 2 aliphatic rings. The highest BCUT2D eigenvalue weighted by Crippen LogP contribution is 2.33. The topological polar surface area (TPSA) is 84.9 Å². The monoisotopic (exact) mass is 315 g/mol. The van der Waals surface area contributed by atoms with E-state index >= 15 is 0 Å². The summed E-state index contributed by atoms with van der Waals surface area (Å²) in [6.45, 7) is 5.78. The van der Waals surface area contributed by atoms with Crippen LogP contribution in [0.25, 0.3) is 11.0 Å². The Hall–Kier alpha value is -1.89. The van der Waals surface area contributed by atoms with Crippen molar-refractivity contribution < 1.29 is 0 Å². The lowest BCUT2D eigenvalue weighted by molar-refractivity contribution is 0.428. The fourth-order valence-electron chi connectivity index (χ4n) is 3.80. The van der Waals surface area contributed by atoms with E-state index in [9.17, 15) is 0 Å². The summed E-state index contributed by atoms with van der Waals surface area (Å²) >= 11 is 0. The number of nitrogens with zero attached hydrogens (tertiary/aromatic N) is 5. The van der Waals surface area contributed by atoms with Gasteiger partial charge in [0.2, 0.25) is 0 Å². The molecule has 3 N–H and O–H groups in total. The maximum absolute atomic E-state index is 6.27. The van der Waals surface area contributed by atoms with Crippen LogP contribution in [-0.4, -0.2) is 46.0 Å². The van der Waals surface area contributed by atoms with Gasteiger partial charge in [0.1, 0.15) is 11.6 Å². The molecule has 124 valence electrons. The summed E-state index contributed by atoms with van der Waals surface area (Å²) in [6, 6.07) is 0. The van der Waals surface area contributed by atoms with Gasteiger partial charge in [-0.05, 0) is 19.8 Å². The predicted octanol–water partition coefficient (Wildman–Crippen LogP) is 1.31. The summed E-state index contributed by atoms with van der Waals surface area (Å²) in [5, 5.41) is 11.2. The van der Waals surface area contributed by atoms with Gasteiger partial charge in [0.05, 0.1) is 11.1 Å². The number of nitrogen functional groups attached to an aromatic ring is 1. The lowest BCUT2D eigenvalue weighted by atomic mass is 9.88. The lowest BCUT2D eigenvalue weighted by Crippen LogP contribution is -2.49. The molecule has 0 unspecified atom stereocenters. The van der Waals surface area contributed by atoms with Crippen molar-refractivity contribution in [3.63, 3.8) is 0 Å². The highest BCUT2D eigenvalue weighted by atomic mass is 15.7. The summed E-state index contributed by atoms with van der Waals surface area (Å²) in [5.41, 5.74) is 8.05. The van der Waals surface area contributed by atoms with Crippen LogP contribution in [0.5, 0.6) is 0 Å². The first-order valence-corrected chi connectivity index (χ1v) is 8.73. The molecule has 1 aliphatic carbocycles. The maximum atomic E-state index is 6.27. The zero-order valence-electron chi connectivity index (χ0n) is 13.8. The molecule has 1 saturated heterocycles. The van der Waals surface area contributed by atoms with Gasteiger partial charge in [-0.3, -0.25) is 5.01 Å². The maximum Gasteiger partial charge on any atom is 0.186 e. The van der Waals surface area contributed by atoms with E-state index in [0.29, 0.717) is 11.7 Å². The first kappa shape index (κ1) is 14.7. The van der Waals surface area contributed by atoms with E-state index in [2.05, 4.69) is 15.3 Å². The van der Waals surface area contributed by atoms with Crippen LogP contribution in [-0.2, 0) is 0 Å². The number of nitrogens with two attached hydrogens (primary N) is 1. The molecule has 2 aromatic rings. The van der Waals surface area contributed by atoms with Gasteiger partial charge < -0.3 is 11.1 Å². The van der Waals surface area contributed by atoms with Crippen LogP contribution in [0.4, 0.5) is 5.82 Å². The molecule has 1 aliphatic heterocycles. The molecule has 7 nitrogen and oxygen atoms in total. The minimum Gasteiger partial charge on any atom is -0.383 e. The average Bonchev–Trinajstić information content (AvgIpc) is 2.94. The molecule has 0 spiro atoms. The lowest BCUT2D eigenvalue weighted by Gasteiger charge is -2.29. The normalized spacial score (nSPS) is 20.3. The van der Waals surface area contributed by atoms with E-state index in [1.54, 1.807) is 0 Å². The first-order valence-electron chi connectivity index (χ1n) is 8.73. The number of piperazine rings is 1. The van der Waals surface area contributed by atoms with Crippen molar-refractivity contribution in [1.29, 1.82) is 0 Å². The fourth-order valence-corrected chi connectivity index (χ4v) is 3.80. The van der Waals surface area contributed by atoms with Crippen molar-refractivity contribution in [2.75, 3.05) is 36.9 Å².